The van der Waals surface area contributed by atoms with Gasteiger partial charge in [0.05, 0.1) is 6.42 Å². The summed E-state index contributed by atoms with van der Waals surface area (Å²) in [4.78, 5) is 32.2. The molecule has 1 atom stereocenters. The van der Waals surface area contributed by atoms with Crippen molar-refractivity contribution in [1.29, 1.82) is 0 Å². The average Bonchev–Trinajstić information content (AvgIpc) is 2.22. The van der Waals surface area contributed by atoms with E-state index in [0.29, 0.717) is 6.54 Å². The lowest BCUT2D eigenvalue weighted by Crippen LogP contribution is -2.43. The summed E-state index contributed by atoms with van der Waals surface area (Å²) in [6.07, 6.45) is 0.409. The van der Waals surface area contributed by atoms with Gasteiger partial charge in [0.1, 0.15) is 0 Å². The molecule has 0 aromatic carbocycles. The minimum Gasteiger partial charge on any atom is -0.481 e. The van der Waals surface area contributed by atoms with Crippen LogP contribution in [0.25, 0.3) is 0 Å². The number of nitrogens with one attached hydrogen (secondary N) is 2. The number of carbonyl (C=O) groups excluding carboxylic acids is 1. The van der Waals surface area contributed by atoms with Gasteiger partial charge in [0.15, 0.2) is 0 Å². The molecule has 7 heteroatoms. The second-order valence-corrected chi connectivity index (χ2v) is 3.63. The second-order valence-electron chi connectivity index (χ2n) is 3.63. The highest BCUT2D eigenvalue weighted by Gasteiger charge is 2.16. The van der Waals surface area contributed by atoms with E-state index in [1.54, 1.807) is 0 Å². The Kier molecular flexibility index (Phi) is 7.49. The van der Waals surface area contributed by atoms with E-state index >= 15 is 0 Å². The Hall–Kier alpha value is -1.79. The van der Waals surface area contributed by atoms with Gasteiger partial charge in [-0.05, 0) is 12.8 Å². The van der Waals surface area contributed by atoms with Gasteiger partial charge in [0.2, 0.25) is 0 Å². The zero-order valence-corrected chi connectivity index (χ0v) is 9.73. The molecule has 0 heterocycles. The van der Waals surface area contributed by atoms with Gasteiger partial charge in [0.25, 0.3) is 0 Å². The fourth-order valence-corrected chi connectivity index (χ4v) is 1.21. The standard InChI is InChI=1S/C10H18N2O5/c1-2-5-11-10(17)12-7(6-9(15)16)3-4-8(13)14/h7H,2-6H2,1H3,(H,13,14)(H,15,16)(H2,11,12,17)/t7-/m0/s1. The molecule has 0 aromatic heterocycles. The van der Waals surface area contributed by atoms with Crippen molar-refractivity contribution in [3.8, 4) is 0 Å². The highest BCUT2D eigenvalue weighted by molar-refractivity contribution is 5.76. The van der Waals surface area contributed by atoms with Crippen LogP contribution in [0.15, 0.2) is 0 Å². The lowest BCUT2D eigenvalue weighted by Gasteiger charge is -2.16. The summed E-state index contributed by atoms with van der Waals surface area (Å²) in [6, 6.07) is -1.14. The van der Waals surface area contributed by atoms with E-state index in [0.717, 1.165) is 6.42 Å². The summed E-state index contributed by atoms with van der Waals surface area (Å²) in [7, 11) is 0. The summed E-state index contributed by atoms with van der Waals surface area (Å²) < 4.78 is 0. The largest absolute Gasteiger partial charge is 0.481 e. The molecule has 0 aliphatic heterocycles. The van der Waals surface area contributed by atoms with Crippen LogP contribution in [0.2, 0.25) is 0 Å². The van der Waals surface area contributed by atoms with Crippen LogP contribution in [0, 0.1) is 0 Å². The molecule has 0 aliphatic rings. The van der Waals surface area contributed by atoms with Crippen molar-refractivity contribution in [1.82, 2.24) is 10.6 Å². The molecular weight excluding hydrogens is 228 g/mol. The molecule has 0 unspecified atom stereocenters. The molecule has 0 saturated carbocycles. The Bertz CT molecular complexity index is 280. The number of rotatable bonds is 8. The number of carboxylic acids is 2. The maximum absolute atomic E-state index is 11.3. The van der Waals surface area contributed by atoms with Crippen LogP contribution in [0.1, 0.15) is 32.6 Å². The molecule has 0 radical (unpaired) electrons. The minimum absolute atomic E-state index is 0.0984. The Labute approximate surface area is 99.2 Å². The van der Waals surface area contributed by atoms with Gasteiger partial charge in [-0.1, -0.05) is 6.92 Å². The Balaban J connectivity index is 4.12. The number of hydrogen-bond acceptors (Lipinski definition) is 3. The van der Waals surface area contributed by atoms with Crippen LogP contribution in [-0.4, -0.2) is 40.8 Å². The van der Waals surface area contributed by atoms with Gasteiger partial charge in [-0.2, -0.15) is 0 Å². The van der Waals surface area contributed by atoms with Gasteiger partial charge in [-0.3, -0.25) is 9.59 Å². The van der Waals surface area contributed by atoms with Crippen molar-refractivity contribution in [2.24, 2.45) is 0 Å². The molecule has 0 saturated heterocycles. The zero-order chi connectivity index (χ0) is 13.3. The van der Waals surface area contributed by atoms with E-state index in [-0.39, 0.29) is 19.3 Å². The van der Waals surface area contributed by atoms with E-state index in [1.165, 1.54) is 0 Å². The molecule has 7 nitrogen and oxygen atoms in total. The smallest absolute Gasteiger partial charge is 0.315 e. The van der Waals surface area contributed by atoms with Crippen molar-refractivity contribution in [2.75, 3.05) is 6.54 Å². The molecule has 0 rings (SSSR count). The van der Waals surface area contributed by atoms with Crippen LogP contribution in [0.4, 0.5) is 4.79 Å². The number of urea groups is 1. The third-order valence-electron chi connectivity index (χ3n) is 2.00. The Morgan fingerprint density at radius 2 is 1.82 bits per heavy atom. The topological polar surface area (TPSA) is 116 Å². The molecule has 0 aliphatic carbocycles. The maximum Gasteiger partial charge on any atom is 0.315 e. The minimum atomic E-state index is -1.07. The van der Waals surface area contributed by atoms with Gasteiger partial charge < -0.3 is 20.8 Å². The molecule has 0 aromatic rings. The van der Waals surface area contributed by atoms with Crippen molar-refractivity contribution >= 4 is 18.0 Å². The first-order valence-electron chi connectivity index (χ1n) is 5.43. The quantitative estimate of drug-likeness (QED) is 0.495. The summed E-state index contributed by atoms with van der Waals surface area (Å²) >= 11 is 0. The van der Waals surface area contributed by atoms with E-state index in [9.17, 15) is 14.4 Å². The van der Waals surface area contributed by atoms with Crippen LogP contribution >= 0.6 is 0 Å². The van der Waals surface area contributed by atoms with E-state index < -0.39 is 24.0 Å². The average molecular weight is 246 g/mol. The summed E-state index contributed by atoms with van der Waals surface area (Å²) in [5.41, 5.74) is 0. The van der Waals surface area contributed by atoms with Crippen LogP contribution in [-0.2, 0) is 9.59 Å². The van der Waals surface area contributed by atoms with Crippen molar-refractivity contribution in [3.63, 3.8) is 0 Å². The predicted molar refractivity (Wildman–Crippen MR) is 59.7 cm³/mol. The highest BCUT2D eigenvalue weighted by atomic mass is 16.4. The monoisotopic (exact) mass is 246 g/mol. The fraction of sp³-hybridized carbons (Fsp3) is 0.700. The van der Waals surface area contributed by atoms with Crippen molar-refractivity contribution in [2.45, 2.75) is 38.6 Å². The van der Waals surface area contributed by atoms with Gasteiger partial charge >= 0.3 is 18.0 Å². The lowest BCUT2D eigenvalue weighted by atomic mass is 10.1. The fourth-order valence-electron chi connectivity index (χ4n) is 1.21. The Morgan fingerprint density at radius 1 is 1.18 bits per heavy atom. The number of aliphatic carboxylic acids is 2. The molecule has 4 N–H and O–H groups in total. The van der Waals surface area contributed by atoms with Gasteiger partial charge in [-0.25, -0.2) is 4.79 Å². The molecule has 0 fully saturated rings. The molecule has 2 amide bonds. The first kappa shape index (κ1) is 15.2. The molecule has 0 spiro atoms. The predicted octanol–water partition coefficient (Wildman–Crippen LogP) is 0.404. The molecule has 98 valence electrons. The number of carboxylic acid groups (broad SMARTS) is 2. The third kappa shape index (κ3) is 9.16. The first-order chi connectivity index (χ1) is 7.95. The molecule has 0 bridgehead atoms. The lowest BCUT2D eigenvalue weighted by molar-refractivity contribution is -0.139. The number of carbonyl (C=O) groups is 3. The SMILES string of the molecule is CCCNC(=O)N[C@@H](CCC(=O)O)CC(=O)O. The first-order valence-corrected chi connectivity index (χ1v) is 5.43. The number of hydrogen-bond donors (Lipinski definition) is 4. The van der Waals surface area contributed by atoms with Crippen molar-refractivity contribution < 1.29 is 24.6 Å². The maximum atomic E-state index is 11.3. The van der Waals surface area contributed by atoms with E-state index in [2.05, 4.69) is 10.6 Å². The molecular formula is C10H18N2O5. The number of amides is 2. The second kappa shape index (κ2) is 8.37. The van der Waals surface area contributed by atoms with Crippen molar-refractivity contribution in [3.05, 3.63) is 0 Å². The van der Waals surface area contributed by atoms with Gasteiger partial charge in [0, 0.05) is 19.0 Å². The van der Waals surface area contributed by atoms with Crippen LogP contribution in [0.3, 0.4) is 0 Å². The Morgan fingerprint density at radius 3 is 2.29 bits per heavy atom. The van der Waals surface area contributed by atoms with Crippen LogP contribution < -0.4 is 10.6 Å². The molecule has 17 heavy (non-hydrogen) atoms. The van der Waals surface area contributed by atoms with Gasteiger partial charge in [-0.15, -0.1) is 0 Å². The summed E-state index contributed by atoms with van der Waals surface area (Å²) in [5.74, 6) is -2.09. The summed E-state index contributed by atoms with van der Waals surface area (Å²) in [5, 5.41) is 22.1. The normalized spacial score (nSPS) is 11.6. The summed E-state index contributed by atoms with van der Waals surface area (Å²) in [6.45, 7) is 2.38. The van der Waals surface area contributed by atoms with E-state index in [4.69, 9.17) is 10.2 Å². The van der Waals surface area contributed by atoms with Crippen LogP contribution in [0.5, 0.6) is 0 Å². The zero-order valence-electron chi connectivity index (χ0n) is 9.73. The third-order valence-corrected chi connectivity index (χ3v) is 2.00. The highest BCUT2D eigenvalue weighted by Crippen LogP contribution is 2.02. The van der Waals surface area contributed by atoms with E-state index in [1.807, 2.05) is 6.92 Å².